The van der Waals surface area contributed by atoms with Crippen LogP contribution in [0.15, 0.2) is 18.2 Å². The molecule has 0 radical (unpaired) electrons. The van der Waals surface area contributed by atoms with E-state index >= 15 is 0 Å². The van der Waals surface area contributed by atoms with Gasteiger partial charge in [-0.05, 0) is 36.9 Å². The number of nitrogens with one attached hydrogen (secondary N) is 1. The van der Waals surface area contributed by atoms with Crippen molar-refractivity contribution in [3.05, 3.63) is 24.0 Å². The van der Waals surface area contributed by atoms with Crippen molar-refractivity contribution in [2.45, 2.75) is 25.7 Å². The Morgan fingerprint density at radius 1 is 1.53 bits per heavy atom. The summed E-state index contributed by atoms with van der Waals surface area (Å²) in [7, 11) is 1.40. The molecule has 5 heteroatoms. The van der Waals surface area contributed by atoms with E-state index in [0.29, 0.717) is 18.7 Å². The van der Waals surface area contributed by atoms with Gasteiger partial charge in [0.2, 0.25) is 5.91 Å². The minimum atomic E-state index is -0.488. The Morgan fingerprint density at radius 3 is 2.74 bits per heavy atom. The summed E-state index contributed by atoms with van der Waals surface area (Å²) in [6.45, 7) is 0.525. The largest absolute Gasteiger partial charge is 0.494 e. The molecule has 0 unspecified atom stereocenters. The van der Waals surface area contributed by atoms with E-state index in [4.69, 9.17) is 10.5 Å². The molecule has 1 amide bonds. The van der Waals surface area contributed by atoms with Gasteiger partial charge in [-0.1, -0.05) is 6.42 Å². The number of nitrogens with two attached hydrogens (primary N) is 1. The molecule has 2 rings (SSSR count). The Labute approximate surface area is 112 Å². The van der Waals surface area contributed by atoms with Crippen molar-refractivity contribution in [2.24, 2.45) is 11.1 Å². The molecule has 0 heterocycles. The minimum absolute atomic E-state index is 0.0465. The zero-order chi connectivity index (χ0) is 13.9. The first-order valence-corrected chi connectivity index (χ1v) is 6.42. The second-order valence-corrected chi connectivity index (χ2v) is 5.13. The van der Waals surface area contributed by atoms with Gasteiger partial charge >= 0.3 is 0 Å². The van der Waals surface area contributed by atoms with Gasteiger partial charge in [0, 0.05) is 18.2 Å². The van der Waals surface area contributed by atoms with Crippen molar-refractivity contribution in [1.29, 1.82) is 0 Å². The molecule has 0 saturated heterocycles. The van der Waals surface area contributed by atoms with E-state index < -0.39 is 5.82 Å². The molecule has 0 aliphatic heterocycles. The van der Waals surface area contributed by atoms with Gasteiger partial charge < -0.3 is 15.8 Å². The first kappa shape index (κ1) is 13.8. The Balaban J connectivity index is 1.97. The van der Waals surface area contributed by atoms with Crippen molar-refractivity contribution in [3.8, 4) is 5.75 Å². The number of hydrogen-bond donors (Lipinski definition) is 2. The molecule has 1 fully saturated rings. The van der Waals surface area contributed by atoms with Crippen LogP contribution in [0.1, 0.15) is 25.7 Å². The average molecular weight is 266 g/mol. The molecule has 1 saturated carbocycles. The number of hydrogen-bond acceptors (Lipinski definition) is 3. The smallest absolute Gasteiger partial charge is 0.224 e. The van der Waals surface area contributed by atoms with E-state index in [0.717, 1.165) is 19.3 Å². The van der Waals surface area contributed by atoms with Crippen LogP contribution in [0.4, 0.5) is 10.1 Å². The van der Waals surface area contributed by atoms with Crippen LogP contribution in [0.25, 0.3) is 0 Å². The second kappa shape index (κ2) is 5.57. The van der Waals surface area contributed by atoms with Gasteiger partial charge in [0.05, 0.1) is 7.11 Å². The Hall–Kier alpha value is -1.62. The average Bonchev–Trinajstić information content (AvgIpc) is 2.34. The summed E-state index contributed by atoms with van der Waals surface area (Å²) in [6.07, 6.45) is 3.51. The molecule has 0 aromatic heterocycles. The van der Waals surface area contributed by atoms with Crippen molar-refractivity contribution < 1.29 is 13.9 Å². The van der Waals surface area contributed by atoms with E-state index in [-0.39, 0.29) is 17.1 Å². The lowest BCUT2D eigenvalue weighted by Gasteiger charge is -2.40. The summed E-state index contributed by atoms with van der Waals surface area (Å²) < 4.78 is 18.3. The maximum Gasteiger partial charge on any atom is 0.224 e. The van der Waals surface area contributed by atoms with E-state index in [1.54, 1.807) is 6.07 Å². The van der Waals surface area contributed by atoms with Crippen LogP contribution in [-0.2, 0) is 4.79 Å². The lowest BCUT2D eigenvalue weighted by atomic mass is 9.66. The number of methoxy groups -OCH3 is 1. The maximum absolute atomic E-state index is 13.5. The monoisotopic (exact) mass is 266 g/mol. The fourth-order valence-electron chi connectivity index (χ4n) is 2.42. The van der Waals surface area contributed by atoms with Crippen molar-refractivity contribution in [3.63, 3.8) is 0 Å². The van der Waals surface area contributed by atoms with Crippen molar-refractivity contribution in [2.75, 3.05) is 19.0 Å². The number of carbonyl (C=O) groups excluding carboxylic acids is 1. The number of rotatable bonds is 5. The van der Waals surface area contributed by atoms with E-state index in [2.05, 4.69) is 5.32 Å². The molecule has 0 spiro atoms. The number of anilines is 1. The highest BCUT2D eigenvalue weighted by Crippen LogP contribution is 2.43. The summed E-state index contributed by atoms with van der Waals surface area (Å²) in [5.74, 6) is -0.442. The maximum atomic E-state index is 13.5. The number of carbonyl (C=O) groups is 1. The van der Waals surface area contributed by atoms with Crippen LogP contribution in [0.5, 0.6) is 5.75 Å². The van der Waals surface area contributed by atoms with Gasteiger partial charge in [0.1, 0.15) is 0 Å². The minimum Gasteiger partial charge on any atom is -0.494 e. The third-order valence-electron chi connectivity index (χ3n) is 3.82. The molecule has 1 aliphatic rings. The molecule has 19 heavy (non-hydrogen) atoms. The Morgan fingerprint density at radius 2 is 2.26 bits per heavy atom. The summed E-state index contributed by atoms with van der Waals surface area (Å²) in [4.78, 5) is 11.9. The molecule has 3 N–H and O–H groups in total. The third kappa shape index (κ3) is 3.04. The summed E-state index contributed by atoms with van der Waals surface area (Å²) >= 11 is 0. The predicted octanol–water partition coefficient (Wildman–Crippen LogP) is 2.29. The Bertz CT molecular complexity index is 467. The molecule has 0 atom stereocenters. The van der Waals surface area contributed by atoms with Crippen LogP contribution in [0, 0.1) is 11.2 Å². The SMILES string of the molecule is COc1ccc(NC(=O)CC2(CN)CCC2)cc1F. The number of ether oxygens (including phenoxy) is 1. The first-order chi connectivity index (χ1) is 9.08. The molecule has 4 nitrogen and oxygen atoms in total. The van der Waals surface area contributed by atoms with Crippen LogP contribution in [0.2, 0.25) is 0 Å². The van der Waals surface area contributed by atoms with Gasteiger partial charge in [-0.25, -0.2) is 4.39 Å². The van der Waals surface area contributed by atoms with Crippen LogP contribution < -0.4 is 15.8 Å². The standard InChI is InChI=1S/C14H19FN2O2/c1-19-12-4-3-10(7-11(12)15)17-13(18)8-14(9-16)5-2-6-14/h3-4,7H,2,5-6,8-9,16H2,1H3,(H,17,18). The molecule has 1 aromatic rings. The number of benzene rings is 1. The molecule has 104 valence electrons. The first-order valence-electron chi connectivity index (χ1n) is 6.42. The van der Waals surface area contributed by atoms with E-state index in [9.17, 15) is 9.18 Å². The van der Waals surface area contributed by atoms with Crippen LogP contribution in [0.3, 0.4) is 0 Å². The van der Waals surface area contributed by atoms with Gasteiger partial charge in [0.15, 0.2) is 11.6 Å². The quantitative estimate of drug-likeness (QED) is 0.859. The van der Waals surface area contributed by atoms with Gasteiger partial charge in [-0.15, -0.1) is 0 Å². The van der Waals surface area contributed by atoms with Crippen molar-refractivity contribution in [1.82, 2.24) is 0 Å². The number of halogens is 1. The summed E-state index contributed by atoms with van der Waals surface area (Å²) in [6, 6.07) is 4.37. The summed E-state index contributed by atoms with van der Waals surface area (Å²) in [5, 5.41) is 2.70. The van der Waals surface area contributed by atoms with Crippen LogP contribution in [-0.4, -0.2) is 19.6 Å². The predicted molar refractivity (Wildman–Crippen MR) is 71.5 cm³/mol. The van der Waals surface area contributed by atoms with E-state index in [1.807, 2.05) is 0 Å². The topological polar surface area (TPSA) is 64.3 Å². The zero-order valence-corrected chi connectivity index (χ0v) is 11.0. The zero-order valence-electron chi connectivity index (χ0n) is 11.0. The van der Waals surface area contributed by atoms with Gasteiger partial charge in [-0.2, -0.15) is 0 Å². The molecule has 0 bridgehead atoms. The lowest BCUT2D eigenvalue weighted by Crippen LogP contribution is -2.40. The van der Waals surface area contributed by atoms with E-state index in [1.165, 1.54) is 19.2 Å². The molecular weight excluding hydrogens is 247 g/mol. The van der Waals surface area contributed by atoms with Gasteiger partial charge in [-0.3, -0.25) is 4.79 Å². The van der Waals surface area contributed by atoms with Crippen LogP contribution >= 0.6 is 0 Å². The highest BCUT2D eigenvalue weighted by Gasteiger charge is 2.37. The molecular formula is C14H19FN2O2. The number of amides is 1. The van der Waals surface area contributed by atoms with Crippen molar-refractivity contribution >= 4 is 11.6 Å². The second-order valence-electron chi connectivity index (χ2n) is 5.13. The summed E-state index contributed by atoms with van der Waals surface area (Å²) in [5.41, 5.74) is 6.11. The third-order valence-corrected chi connectivity index (χ3v) is 3.82. The highest BCUT2D eigenvalue weighted by atomic mass is 19.1. The highest BCUT2D eigenvalue weighted by molar-refractivity contribution is 5.91. The molecule has 1 aromatic carbocycles. The fraction of sp³-hybridized carbons (Fsp3) is 0.500. The lowest BCUT2D eigenvalue weighted by molar-refractivity contribution is -0.119. The fourth-order valence-corrected chi connectivity index (χ4v) is 2.42. The normalized spacial score (nSPS) is 16.6. The molecule has 1 aliphatic carbocycles. The van der Waals surface area contributed by atoms with Gasteiger partial charge in [0.25, 0.3) is 0 Å². The Kier molecular flexibility index (Phi) is 4.04.